The molecule has 0 heterocycles. The van der Waals surface area contributed by atoms with Crippen LogP contribution in [0.25, 0.3) is 0 Å². The number of ether oxygens (including phenoxy) is 2. The fourth-order valence-electron chi connectivity index (χ4n) is 0.702. The third-order valence-electron chi connectivity index (χ3n) is 1.23. The summed E-state index contributed by atoms with van der Waals surface area (Å²) in [5.74, 6) is 0.768. The highest BCUT2D eigenvalue weighted by Gasteiger charge is 1.89. The summed E-state index contributed by atoms with van der Waals surface area (Å²) in [5.41, 5.74) is 0. The molecule has 1 rings (SSSR count). The van der Waals surface area contributed by atoms with Crippen molar-refractivity contribution in [2.24, 2.45) is 0 Å². The average Bonchev–Trinajstić information content (AvgIpc) is 2.07. The molecule has 0 aliphatic rings. The van der Waals surface area contributed by atoms with Crippen LogP contribution >= 0.6 is 0 Å². The summed E-state index contributed by atoms with van der Waals surface area (Å²) in [6.07, 6.45) is 0. The molecule has 2 nitrogen and oxygen atoms in total. The van der Waals surface area contributed by atoms with Crippen LogP contribution in [0.2, 0.25) is 0 Å². The van der Waals surface area contributed by atoms with Crippen molar-refractivity contribution >= 4 is 0 Å². The molecular weight excluding hydrogens is 140 g/mol. The zero-order valence-corrected chi connectivity index (χ0v) is 6.54. The Kier molecular flexibility index (Phi) is 3.48. The van der Waals surface area contributed by atoms with Crippen molar-refractivity contribution in [2.45, 2.75) is 0 Å². The van der Waals surface area contributed by atoms with Crippen LogP contribution in [0, 0.1) is 6.07 Å². The average molecular weight is 151 g/mol. The molecule has 1 aromatic rings. The SMILES string of the molecule is COCCOc1[c]cccc1. The van der Waals surface area contributed by atoms with Gasteiger partial charge >= 0.3 is 0 Å². The van der Waals surface area contributed by atoms with Gasteiger partial charge < -0.3 is 9.47 Å². The molecule has 0 bridgehead atoms. The maximum atomic E-state index is 5.27. The Hall–Kier alpha value is -1.02. The van der Waals surface area contributed by atoms with Crippen molar-refractivity contribution in [1.29, 1.82) is 0 Å². The van der Waals surface area contributed by atoms with Gasteiger partial charge in [-0.05, 0) is 6.07 Å². The van der Waals surface area contributed by atoms with Crippen molar-refractivity contribution < 1.29 is 9.47 Å². The first-order valence-corrected chi connectivity index (χ1v) is 3.52. The van der Waals surface area contributed by atoms with E-state index < -0.39 is 0 Å². The Labute approximate surface area is 66.8 Å². The molecule has 0 amide bonds. The molecule has 1 radical (unpaired) electrons. The zero-order valence-electron chi connectivity index (χ0n) is 6.54. The fourth-order valence-corrected chi connectivity index (χ4v) is 0.702. The minimum atomic E-state index is 0.580. The minimum Gasteiger partial charge on any atom is -0.491 e. The number of benzene rings is 1. The summed E-state index contributed by atoms with van der Waals surface area (Å²) in [4.78, 5) is 0. The zero-order chi connectivity index (χ0) is 7.94. The standard InChI is InChI=1S/C9H11O2/c1-10-7-8-11-9-5-3-2-4-6-9/h2-5H,7-8H2,1H3. The molecule has 0 saturated carbocycles. The Morgan fingerprint density at radius 3 is 2.91 bits per heavy atom. The lowest BCUT2D eigenvalue weighted by Gasteiger charge is -2.03. The molecule has 1 aromatic carbocycles. The van der Waals surface area contributed by atoms with E-state index in [0.29, 0.717) is 13.2 Å². The van der Waals surface area contributed by atoms with E-state index in [2.05, 4.69) is 6.07 Å². The van der Waals surface area contributed by atoms with Crippen LogP contribution in [0.4, 0.5) is 0 Å². The number of hydrogen-bond acceptors (Lipinski definition) is 2. The maximum absolute atomic E-state index is 5.27. The summed E-state index contributed by atoms with van der Waals surface area (Å²) in [5, 5.41) is 0. The third-order valence-corrected chi connectivity index (χ3v) is 1.23. The van der Waals surface area contributed by atoms with Gasteiger partial charge in [-0.3, -0.25) is 0 Å². The second-order valence-corrected chi connectivity index (χ2v) is 2.07. The summed E-state index contributed by atoms with van der Waals surface area (Å²) in [7, 11) is 1.65. The normalized spacial score (nSPS) is 9.55. The molecular formula is C9H11O2. The molecule has 0 atom stereocenters. The van der Waals surface area contributed by atoms with Crippen molar-refractivity contribution in [3.63, 3.8) is 0 Å². The molecule has 0 spiro atoms. The van der Waals surface area contributed by atoms with Crippen LogP contribution in [0.3, 0.4) is 0 Å². The molecule has 0 aliphatic carbocycles. The third kappa shape index (κ3) is 3.05. The molecule has 0 fully saturated rings. The van der Waals surface area contributed by atoms with Crippen LogP contribution in [0.5, 0.6) is 5.75 Å². The van der Waals surface area contributed by atoms with E-state index in [0.717, 1.165) is 5.75 Å². The van der Waals surface area contributed by atoms with Gasteiger partial charge in [0.2, 0.25) is 0 Å². The van der Waals surface area contributed by atoms with E-state index in [-0.39, 0.29) is 0 Å². The summed E-state index contributed by atoms with van der Waals surface area (Å²) in [6, 6.07) is 10.5. The van der Waals surface area contributed by atoms with E-state index >= 15 is 0 Å². The fraction of sp³-hybridized carbons (Fsp3) is 0.333. The van der Waals surface area contributed by atoms with Gasteiger partial charge in [-0.2, -0.15) is 0 Å². The van der Waals surface area contributed by atoms with Crippen LogP contribution < -0.4 is 4.74 Å². The number of para-hydroxylation sites is 1. The van der Waals surface area contributed by atoms with Crippen LogP contribution in [-0.2, 0) is 4.74 Å². The lowest BCUT2D eigenvalue weighted by atomic mass is 10.3. The largest absolute Gasteiger partial charge is 0.491 e. The quantitative estimate of drug-likeness (QED) is 0.607. The number of hydrogen-bond donors (Lipinski definition) is 0. The van der Waals surface area contributed by atoms with E-state index in [1.165, 1.54) is 0 Å². The van der Waals surface area contributed by atoms with E-state index in [1.54, 1.807) is 7.11 Å². The molecule has 2 heteroatoms. The first-order chi connectivity index (χ1) is 5.43. The monoisotopic (exact) mass is 151 g/mol. The van der Waals surface area contributed by atoms with Gasteiger partial charge in [-0.25, -0.2) is 0 Å². The first-order valence-electron chi connectivity index (χ1n) is 3.52. The second-order valence-electron chi connectivity index (χ2n) is 2.07. The number of methoxy groups -OCH3 is 1. The van der Waals surface area contributed by atoms with Crippen molar-refractivity contribution in [2.75, 3.05) is 20.3 Å². The highest BCUT2D eigenvalue weighted by molar-refractivity contribution is 5.19. The van der Waals surface area contributed by atoms with E-state index in [9.17, 15) is 0 Å². The van der Waals surface area contributed by atoms with Crippen LogP contribution in [0.1, 0.15) is 0 Å². The van der Waals surface area contributed by atoms with Crippen LogP contribution in [0.15, 0.2) is 24.3 Å². The highest BCUT2D eigenvalue weighted by Crippen LogP contribution is 2.06. The topological polar surface area (TPSA) is 18.5 Å². The minimum absolute atomic E-state index is 0.580. The van der Waals surface area contributed by atoms with Gasteiger partial charge in [0.05, 0.1) is 6.61 Å². The summed E-state index contributed by atoms with van der Waals surface area (Å²) < 4.78 is 10.1. The maximum Gasteiger partial charge on any atom is 0.127 e. The highest BCUT2D eigenvalue weighted by atomic mass is 16.5. The first kappa shape index (κ1) is 8.08. The van der Waals surface area contributed by atoms with Gasteiger partial charge in [-0.15, -0.1) is 0 Å². The molecule has 59 valence electrons. The van der Waals surface area contributed by atoms with Gasteiger partial charge in [-0.1, -0.05) is 18.2 Å². The lowest BCUT2D eigenvalue weighted by molar-refractivity contribution is 0.146. The Balaban J connectivity index is 2.28. The molecule has 0 saturated heterocycles. The van der Waals surface area contributed by atoms with Crippen molar-refractivity contribution in [3.8, 4) is 5.75 Å². The van der Waals surface area contributed by atoms with Gasteiger partial charge in [0.15, 0.2) is 0 Å². The van der Waals surface area contributed by atoms with E-state index in [4.69, 9.17) is 9.47 Å². The molecule has 0 unspecified atom stereocenters. The molecule has 0 N–H and O–H groups in total. The Morgan fingerprint density at radius 2 is 2.27 bits per heavy atom. The molecule has 11 heavy (non-hydrogen) atoms. The van der Waals surface area contributed by atoms with Crippen molar-refractivity contribution in [1.82, 2.24) is 0 Å². The van der Waals surface area contributed by atoms with Gasteiger partial charge in [0.25, 0.3) is 0 Å². The summed E-state index contributed by atoms with van der Waals surface area (Å²) >= 11 is 0. The van der Waals surface area contributed by atoms with Crippen LogP contribution in [-0.4, -0.2) is 20.3 Å². The van der Waals surface area contributed by atoms with E-state index in [1.807, 2.05) is 24.3 Å². The van der Waals surface area contributed by atoms with Crippen molar-refractivity contribution in [3.05, 3.63) is 30.3 Å². The van der Waals surface area contributed by atoms with Gasteiger partial charge in [0, 0.05) is 13.2 Å². The second kappa shape index (κ2) is 4.74. The predicted molar refractivity (Wildman–Crippen MR) is 42.6 cm³/mol. The van der Waals surface area contributed by atoms with Gasteiger partial charge in [0.1, 0.15) is 12.4 Å². The smallest absolute Gasteiger partial charge is 0.127 e. The Bertz CT molecular complexity index is 184. The predicted octanol–water partition coefficient (Wildman–Crippen LogP) is 1.51. The number of rotatable bonds is 4. The molecule has 0 aromatic heterocycles. The Morgan fingerprint density at radius 1 is 1.36 bits per heavy atom. The summed E-state index contributed by atoms with van der Waals surface area (Å²) in [6.45, 7) is 1.19. The molecule has 0 aliphatic heterocycles. The lowest BCUT2D eigenvalue weighted by Crippen LogP contribution is -2.03.